The number of carbonyl (C=O) groups is 2. The Bertz CT molecular complexity index is 814. The van der Waals surface area contributed by atoms with Gasteiger partial charge in [0.1, 0.15) is 22.2 Å². The van der Waals surface area contributed by atoms with Crippen molar-refractivity contribution in [3.63, 3.8) is 0 Å². The van der Waals surface area contributed by atoms with E-state index < -0.39 is 18.5 Å². The van der Waals surface area contributed by atoms with Crippen LogP contribution < -0.4 is 10.1 Å². The summed E-state index contributed by atoms with van der Waals surface area (Å²) in [6, 6.07) is 8.81. The minimum atomic E-state index is -0.617. The number of hydrogen-bond donors (Lipinski definition) is 1. The van der Waals surface area contributed by atoms with Crippen molar-refractivity contribution in [1.82, 2.24) is 10.3 Å². The summed E-state index contributed by atoms with van der Waals surface area (Å²) in [4.78, 5) is 28.2. The molecule has 26 heavy (non-hydrogen) atoms. The van der Waals surface area contributed by atoms with E-state index in [0.29, 0.717) is 26.4 Å². The number of nitrogens with one attached hydrogen (secondary N) is 1. The van der Waals surface area contributed by atoms with Crippen molar-refractivity contribution in [3.8, 4) is 11.8 Å². The third-order valence-electron chi connectivity index (χ3n) is 3.10. The number of nitriles is 1. The molecule has 0 spiro atoms. The molecule has 0 aliphatic heterocycles. The average Bonchev–Trinajstić information content (AvgIpc) is 3.00. The predicted molar refractivity (Wildman–Crippen MR) is 96.2 cm³/mol. The van der Waals surface area contributed by atoms with Crippen molar-refractivity contribution in [2.75, 3.05) is 13.2 Å². The van der Waals surface area contributed by atoms with E-state index in [0.717, 1.165) is 11.3 Å². The summed E-state index contributed by atoms with van der Waals surface area (Å²) in [5.41, 5.74) is 0.514. The number of ether oxygens (including phenoxy) is 2. The molecule has 0 saturated carbocycles. The van der Waals surface area contributed by atoms with Gasteiger partial charge in [-0.05, 0) is 31.2 Å². The Morgan fingerprint density at radius 1 is 1.35 bits per heavy atom. The van der Waals surface area contributed by atoms with Crippen LogP contribution >= 0.6 is 22.9 Å². The third kappa shape index (κ3) is 6.02. The van der Waals surface area contributed by atoms with E-state index in [1.807, 2.05) is 6.07 Å². The topological polar surface area (TPSA) is 101 Å². The fourth-order valence-electron chi connectivity index (χ4n) is 1.88. The molecule has 0 aliphatic rings. The van der Waals surface area contributed by atoms with Gasteiger partial charge in [-0.25, -0.2) is 9.78 Å². The average molecular weight is 394 g/mol. The second-order valence-electron chi connectivity index (χ2n) is 5.10. The fraction of sp³-hybridized carbons (Fsp3) is 0.294. The van der Waals surface area contributed by atoms with Gasteiger partial charge in [-0.3, -0.25) is 4.79 Å². The Kier molecular flexibility index (Phi) is 7.38. The molecule has 2 rings (SSSR count). The number of carbonyl (C=O) groups excluding carboxylic acids is 2. The first-order valence-electron chi connectivity index (χ1n) is 7.65. The Morgan fingerprint density at radius 3 is 2.77 bits per heavy atom. The van der Waals surface area contributed by atoms with Gasteiger partial charge in [0.05, 0.1) is 18.2 Å². The van der Waals surface area contributed by atoms with Crippen LogP contribution in [0.1, 0.15) is 26.8 Å². The van der Waals surface area contributed by atoms with Gasteiger partial charge >= 0.3 is 5.97 Å². The summed E-state index contributed by atoms with van der Waals surface area (Å²) in [5, 5.41) is 12.1. The monoisotopic (exact) mass is 393 g/mol. The molecule has 0 radical (unpaired) electrons. The highest BCUT2D eigenvalue weighted by atomic mass is 35.5. The summed E-state index contributed by atoms with van der Waals surface area (Å²) in [7, 11) is 0. The standard InChI is InChI=1S/C17H16ClN3O4S/c1-11-16(17(23)25-9-14(22)20-8-2-7-19)26-15(21-11)10-24-13-5-3-12(18)4-6-13/h3-6H,2,8-10H2,1H3,(H,20,22). The molecule has 1 heterocycles. The molecule has 0 bridgehead atoms. The highest BCUT2D eigenvalue weighted by Crippen LogP contribution is 2.22. The zero-order valence-electron chi connectivity index (χ0n) is 14.0. The zero-order chi connectivity index (χ0) is 18.9. The molecular formula is C17H16ClN3O4S. The van der Waals surface area contributed by atoms with Crippen LogP contribution in [0.25, 0.3) is 0 Å². The number of aromatic nitrogens is 1. The van der Waals surface area contributed by atoms with Gasteiger partial charge in [0.2, 0.25) is 0 Å². The normalized spacial score (nSPS) is 10.0. The first-order chi connectivity index (χ1) is 12.5. The highest BCUT2D eigenvalue weighted by Gasteiger charge is 2.18. The summed E-state index contributed by atoms with van der Waals surface area (Å²) >= 11 is 6.97. The first-order valence-corrected chi connectivity index (χ1v) is 8.84. The number of rotatable bonds is 8. The van der Waals surface area contributed by atoms with E-state index in [1.165, 1.54) is 0 Å². The van der Waals surface area contributed by atoms with Gasteiger partial charge in [0, 0.05) is 11.6 Å². The number of amides is 1. The van der Waals surface area contributed by atoms with Crippen LogP contribution in [0.5, 0.6) is 5.75 Å². The van der Waals surface area contributed by atoms with Gasteiger partial charge in [-0.15, -0.1) is 11.3 Å². The summed E-state index contributed by atoms with van der Waals surface area (Å²) in [6.45, 7) is 1.71. The number of benzene rings is 1. The maximum Gasteiger partial charge on any atom is 0.350 e. The Hall–Kier alpha value is -2.63. The maximum absolute atomic E-state index is 12.1. The largest absolute Gasteiger partial charge is 0.486 e. The van der Waals surface area contributed by atoms with Crippen molar-refractivity contribution >= 4 is 34.8 Å². The van der Waals surface area contributed by atoms with Crippen molar-refractivity contribution in [1.29, 1.82) is 5.26 Å². The van der Waals surface area contributed by atoms with Crippen LogP contribution in [-0.2, 0) is 16.1 Å². The molecule has 0 fully saturated rings. The van der Waals surface area contributed by atoms with Crippen LogP contribution in [-0.4, -0.2) is 30.0 Å². The number of hydrogen-bond acceptors (Lipinski definition) is 7. The van der Waals surface area contributed by atoms with Gasteiger partial charge in [0.25, 0.3) is 5.91 Å². The van der Waals surface area contributed by atoms with Crippen LogP contribution in [0.3, 0.4) is 0 Å². The summed E-state index contributed by atoms with van der Waals surface area (Å²) < 4.78 is 10.6. The Morgan fingerprint density at radius 2 is 2.08 bits per heavy atom. The van der Waals surface area contributed by atoms with E-state index in [-0.39, 0.29) is 19.6 Å². The highest BCUT2D eigenvalue weighted by molar-refractivity contribution is 7.13. The van der Waals surface area contributed by atoms with E-state index in [1.54, 1.807) is 31.2 Å². The molecule has 7 nitrogen and oxygen atoms in total. The summed E-state index contributed by atoms with van der Waals surface area (Å²) in [5.74, 6) is -0.435. The lowest BCUT2D eigenvalue weighted by Gasteiger charge is -2.04. The molecular weight excluding hydrogens is 378 g/mol. The summed E-state index contributed by atoms with van der Waals surface area (Å²) in [6.07, 6.45) is 0.199. The number of aryl methyl sites for hydroxylation is 1. The van der Waals surface area contributed by atoms with E-state index in [4.69, 9.17) is 26.3 Å². The SMILES string of the molecule is Cc1nc(COc2ccc(Cl)cc2)sc1C(=O)OCC(=O)NCCC#N. The molecule has 136 valence electrons. The molecule has 1 amide bonds. The number of nitrogens with zero attached hydrogens (tertiary/aromatic N) is 2. The van der Waals surface area contributed by atoms with Gasteiger partial charge in [-0.1, -0.05) is 11.6 Å². The van der Waals surface area contributed by atoms with Crippen molar-refractivity contribution < 1.29 is 19.1 Å². The van der Waals surface area contributed by atoms with Crippen molar-refractivity contribution in [3.05, 3.63) is 44.9 Å². The molecule has 9 heteroatoms. The molecule has 0 saturated heterocycles. The van der Waals surface area contributed by atoms with Gasteiger partial charge in [-0.2, -0.15) is 5.26 Å². The third-order valence-corrected chi connectivity index (χ3v) is 4.46. The number of esters is 1. The quantitative estimate of drug-likeness (QED) is 0.546. The molecule has 0 unspecified atom stereocenters. The van der Waals surface area contributed by atoms with E-state index in [9.17, 15) is 9.59 Å². The second-order valence-corrected chi connectivity index (χ2v) is 6.62. The molecule has 0 aliphatic carbocycles. The van der Waals surface area contributed by atoms with Crippen molar-refractivity contribution in [2.45, 2.75) is 20.0 Å². The first kappa shape index (κ1) is 19.7. The lowest BCUT2D eigenvalue weighted by Crippen LogP contribution is -2.29. The fourth-order valence-corrected chi connectivity index (χ4v) is 2.88. The predicted octanol–water partition coefficient (Wildman–Crippen LogP) is 2.87. The molecule has 1 aromatic carbocycles. The maximum atomic E-state index is 12.1. The van der Waals surface area contributed by atoms with Crippen LogP contribution in [0.4, 0.5) is 0 Å². The van der Waals surface area contributed by atoms with Crippen LogP contribution in [0.15, 0.2) is 24.3 Å². The van der Waals surface area contributed by atoms with E-state index in [2.05, 4.69) is 10.3 Å². The van der Waals surface area contributed by atoms with Crippen LogP contribution in [0, 0.1) is 18.3 Å². The molecule has 1 N–H and O–H groups in total. The zero-order valence-corrected chi connectivity index (χ0v) is 15.5. The van der Waals surface area contributed by atoms with E-state index >= 15 is 0 Å². The minimum Gasteiger partial charge on any atom is -0.486 e. The van der Waals surface area contributed by atoms with Crippen LogP contribution in [0.2, 0.25) is 5.02 Å². The number of thiazole rings is 1. The lowest BCUT2D eigenvalue weighted by atomic mass is 10.3. The van der Waals surface area contributed by atoms with Gasteiger partial charge < -0.3 is 14.8 Å². The number of halogens is 1. The van der Waals surface area contributed by atoms with Gasteiger partial charge in [0.15, 0.2) is 6.61 Å². The molecule has 2 aromatic rings. The smallest absolute Gasteiger partial charge is 0.350 e. The Balaban J connectivity index is 1.86. The Labute approximate surface area is 159 Å². The second kappa shape index (κ2) is 9.75. The lowest BCUT2D eigenvalue weighted by molar-refractivity contribution is -0.124. The van der Waals surface area contributed by atoms with Crippen molar-refractivity contribution in [2.24, 2.45) is 0 Å². The minimum absolute atomic E-state index is 0.199. The molecule has 0 atom stereocenters. The molecule has 1 aromatic heterocycles.